The summed E-state index contributed by atoms with van der Waals surface area (Å²) in [5, 5.41) is 0. The van der Waals surface area contributed by atoms with Crippen LogP contribution in [0.3, 0.4) is 0 Å². The average Bonchev–Trinajstić information content (AvgIpc) is 3.15. The topological polar surface area (TPSA) is 39.4 Å². The maximum atomic E-state index is 11.6. The van der Waals surface area contributed by atoms with Crippen LogP contribution in [-0.2, 0) is 24.2 Å². The van der Waals surface area contributed by atoms with E-state index in [1.54, 1.807) is 12.2 Å². The zero-order valence-electron chi connectivity index (χ0n) is 13.1. The third-order valence-electron chi connectivity index (χ3n) is 4.53. The van der Waals surface area contributed by atoms with E-state index in [9.17, 15) is 4.79 Å². The molecule has 1 aromatic heterocycles. The molecule has 23 heavy (non-hydrogen) atoms. The summed E-state index contributed by atoms with van der Waals surface area (Å²) in [5.41, 5.74) is 2.85. The van der Waals surface area contributed by atoms with Crippen LogP contribution in [-0.4, -0.2) is 5.78 Å². The minimum Gasteiger partial charge on any atom is -0.486 e. The van der Waals surface area contributed by atoms with Crippen molar-refractivity contribution in [1.82, 2.24) is 0 Å². The maximum absolute atomic E-state index is 11.6. The summed E-state index contributed by atoms with van der Waals surface area (Å²) in [6, 6.07) is 10.1. The molecule has 0 bridgehead atoms. The molecule has 2 aromatic rings. The van der Waals surface area contributed by atoms with Gasteiger partial charge in [0.15, 0.2) is 5.78 Å². The summed E-state index contributed by atoms with van der Waals surface area (Å²) >= 11 is 0. The van der Waals surface area contributed by atoms with Gasteiger partial charge in [0.2, 0.25) is 0 Å². The molecule has 0 atom stereocenters. The van der Waals surface area contributed by atoms with Gasteiger partial charge in [-0.3, -0.25) is 4.79 Å². The average molecular weight is 308 g/mol. The van der Waals surface area contributed by atoms with E-state index in [0.29, 0.717) is 12.4 Å². The molecule has 0 aliphatic heterocycles. The van der Waals surface area contributed by atoms with E-state index in [2.05, 4.69) is 12.1 Å². The third-order valence-corrected chi connectivity index (χ3v) is 4.53. The lowest BCUT2D eigenvalue weighted by atomic mass is 10.1. The SMILES string of the molecule is O=C(/C=C/c1ccc(COc2ccc3c(c2)CCC3)o1)C1CC1. The molecule has 2 aliphatic rings. The summed E-state index contributed by atoms with van der Waals surface area (Å²) in [7, 11) is 0. The van der Waals surface area contributed by atoms with Gasteiger partial charge < -0.3 is 9.15 Å². The highest BCUT2D eigenvalue weighted by Gasteiger charge is 2.27. The number of allylic oxidation sites excluding steroid dienone is 1. The lowest BCUT2D eigenvalue weighted by molar-refractivity contribution is -0.115. The Kier molecular flexibility index (Phi) is 3.78. The van der Waals surface area contributed by atoms with Crippen LogP contribution in [0.15, 0.2) is 40.8 Å². The molecule has 118 valence electrons. The highest BCUT2D eigenvalue weighted by molar-refractivity contribution is 5.96. The number of fused-ring (bicyclic) bond motifs is 1. The van der Waals surface area contributed by atoms with Gasteiger partial charge in [0.05, 0.1) is 0 Å². The third kappa shape index (κ3) is 3.39. The van der Waals surface area contributed by atoms with Gasteiger partial charge in [-0.05, 0) is 79.6 Å². The number of hydrogen-bond donors (Lipinski definition) is 0. The summed E-state index contributed by atoms with van der Waals surface area (Å²) in [6.07, 6.45) is 9.01. The zero-order valence-corrected chi connectivity index (χ0v) is 13.1. The van der Waals surface area contributed by atoms with Crippen molar-refractivity contribution in [2.24, 2.45) is 5.92 Å². The summed E-state index contributed by atoms with van der Waals surface area (Å²) in [6.45, 7) is 0.406. The molecule has 1 heterocycles. The molecular formula is C20H20O3. The summed E-state index contributed by atoms with van der Waals surface area (Å²) in [5.74, 6) is 2.82. The Morgan fingerprint density at radius 1 is 1.17 bits per heavy atom. The largest absolute Gasteiger partial charge is 0.486 e. The number of ketones is 1. The molecule has 0 unspecified atom stereocenters. The predicted molar refractivity (Wildman–Crippen MR) is 88.3 cm³/mol. The van der Waals surface area contributed by atoms with Crippen LogP contribution in [0.25, 0.3) is 6.08 Å². The van der Waals surface area contributed by atoms with Crippen LogP contribution in [0, 0.1) is 5.92 Å². The molecule has 1 fully saturated rings. The van der Waals surface area contributed by atoms with E-state index in [-0.39, 0.29) is 11.7 Å². The molecule has 1 saturated carbocycles. The lowest BCUT2D eigenvalue weighted by Crippen LogP contribution is -1.95. The molecule has 4 rings (SSSR count). The number of benzene rings is 1. The minimum absolute atomic E-state index is 0.206. The van der Waals surface area contributed by atoms with E-state index < -0.39 is 0 Å². The number of hydrogen-bond acceptors (Lipinski definition) is 3. The Bertz CT molecular complexity index is 750. The molecule has 0 radical (unpaired) electrons. The second-order valence-corrected chi connectivity index (χ2v) is 6.39. The van der Waals surface area contributed by atoms with E-state index in [1.807, 2.05) is 18.2 Å². The van der Waals surface area contributed by atoms with Gasteiger partial charge >= 0.3 is 0 Å². The first kappa shape index (κ1) is 14.3. The smallest absolute Gasteiger partial charge is 0.158 e. The number of rotatable bonds is 6. The van der Waals surface area contributed by atoms with Crippen molar-refractivity contribution in [3.05, 3.63) is 59.1 Å². The molecule has 3 heteroatoms. The fourth-order valence-electron chi connectivity index (χ4n) is 3.02. The lowest BCUT2D eigenvalue weighted by Gasteiger charge is -2.06. The molecule has 3 nitrogen and oxygen atoms in total. The molecule has 0 amide bonds. The second kappa shape index (κ2) is 6.07. The van der Waals surface area contributed by atoms with Crippen molar-refractivity contribution >= 4 is 11.9 Å². The Labute approximate surface area is 136 Å². The second-order valence-electron chi connectivity index (χ2n) is 6.39. The molecular weight excluding hydrogens is 288 g/mol. The Morgan fingerprint density at radius 2 is 2.04 bits per heavy atom. The summed E-state index contributed by atoms with van der Waals surface area (Å²) in [4.78, 5) is 11.6. The summed E-state index contributed by atoms with van der Waals surface area (Å²) < 4.78 is 11.5. The Hall–Kier alpha value is -2.29. The zero-order chi connectivity index (χ0) is 15.6. The molecule has 0 N–H and O–H groups in total. The first-order valence-electron chi connectivity index (χ1n) is 8.33. The Morgan fingerprint density at radius 3 is 2.91 bits per heavy atom. The monoisotopic (exact) mass is 308 g/mol. The van der Waals surface area contributed by atoms with Crippen molar-refractivity contribution in [3.63, 3.8) is 0 Å². The first-order valence-corrected chi connectivity index (χ1v) is 8.33. The Balaban J connectivity index is 1.35. The van der Waals surface area contributed by atoms with E-state index in [0.717, 1.165) is 30.8 Å². The van der Waals surface area contributed by atoms with Gasteiger partial charge in [-0.25, -0.2) is 0 Å². The fraction of sp³-hybridized carbons (Fsp3) is 0.350. The number of carbonyl (C=O) groups is 1. The number of aryl methyl sites for hydroxylation is 2. The van der Waals surface area contributed by atoms with Gasteiger partial charge in [-0.15, -0.1) is 0 Å². The number of carbonyl (C=O) groups excluding carboxylic acids is 1. The quantitative estimate of drug-likeness (QED) is 0.745. The number of ether oxygens (including phenoxy) is 1. The van der Waals surface area contributed by atoms with Gasteiger partial charge in [0, 0.05) is 5.92 Å². The van der Waals surface area contributed by atoms with Crippen molar-refractivity contribution < 1.29 is 13.9 Å². The highest BCUT2D eigenvalue weighted by Crippen LogP contribution is 2.30. The van der Waals surface area contributed by atoms with Gasteiger partial charge in [0.25, 0.3) is 0 Å². The first-order chi connectivity index (χ1) is 11.3. The van der Waals surface area contributed by atoms with E-state index >= 15 is 0 Å². The van der Waals surface area contributed by atoms with Crippen molar-refractivity contribution in [2.75, 3.05) is 0 Å². The van der Waals surface area contributed by atoms with Crippen LogP contribution in [0.1, 0.15) is 41.9 Å². The van der Waals surface area contributed by atoms with Crippen LogP contribution in [0.2, 0.25) is 0 Å². The predicted octanol–water partition coefficient (Wildman–Crippen LogP) is 4.34. The van der Waals surface area contributed by atoms with Crippen molar-refractivity contribution in [2.45, 2.75) is 38.7 Å². The van der Waals surface area contributed by atoms with E-state index in [1.165, 1.54) is 24.0 Å². The van der Waals surface area contributed by atoms with Crippen LogP contribution in [0.4, 0.5) is 0 Å². The van der Waals surface area contributed by atoms with Gasteiger partial charge in [-0.1, -0.05) is 6.07 Å². The van der Waals surface area contributed by atoms with Gasteiger partial charge in [0.1, 0.15) is 23.9 Å². The normalized spacial score (nSPS) is 16.7. The molecule has 0 spiro atoms. The molecule has 2 aliphatic carbocycles. The molecule has 1 aromatic carbocycles. The maximum Gasteiger partial charge on any atom is 0.158 e. The fourth-order valence-corrected chi connectivity index (χ4v) is 3.02. The number of furan rings is 1. The van der Waals surface area contributed by atoms with Crippen LogP contribution in [0.5, 0.6) is 5.75 Å². The van der Waals surface area contributed by atoms with Crippen molar-refractivity contribution in [3.8, 4) is 5.75 Å². The van der Waals surface area contributed by atoms with Gasteiger partial charge in [-0.2, -0.15) is 0 Å². The van der Waals surface area contributed by atoms with E-state index in [4.69, 9.17) is 9.15 Å². The van der Waals surface area contributed by atoms with Crippen LogP contribution >= 0.6 is 0 Å². The highest BCUT2D eigenvalue weighted by atomic mass is 16.5. The minimum atomic E-state index is 0.206. The molecule has 0 saturated heterocycles. The standard InChI is InChI=1S/C20H20O3/c21-20(15-4-5-15)11-10-17-8-9-19(23-17)13-22-18-7-6-14-2-1-3-16(14)12-18/h6-12,15H,1-5,13H2/b11-10+. The van der Waals surface area contributed by atoms with Crippen LogP contribution < -0.4 is 4.74 Å². The van der Waals surface area contributed by atoms with Crippen molar-refractivity contribution in [1.29, 1.82) is 0 Å².